The fourth-order valence-electron chi connectivity index (χ4n) is 2.01. The van der Waals surface area contributed by atoms with Gasteiger partial charge in [-0.05, 0) is 36.5 Å². The summed E-state index contributed by atoms with van der Waals surface area (Å²) in [7, 11) is 0. The lowest BCUT2D eigenvalue weighted by Gasteiger charge is -2.19. The molecule has 0 radical (unpaired) electrons. The van der Waals surface area contributed by atoms with E-state index in [1.165, 1.54) is 31.4 Å². The molecule has 1 aliphatic heterocycles. The molecule has 0 bridgehead atoms. The van der Waals surface area contributed by atoms with Gasteiger partial charge in [0.05, 0.1) is 0 Å². The van der Waals surface area contributed by atoms with E-state index < -0.39 is 0 Å². The highest BCUT2D eigenvalue weighted by atomic mass is 32.2. The molecule has 0 saturated carbocycles. The van der Waals surface area contributed by atoms with Crippen LogP contribution in [0.5, 0.6) is 0 Å². The second-order valence-electron chi connectivity index (χ2n) is 3.34. The first-order valence-corrected chi connectivity index (χ1v) is 5.21. The Labute approximate surface area is 67.1 Å². The number of hydrogen-bond donors (Lipinski definition) is 0. The molecule has 0 N–H and O–H groups in total. The molecule has 0 aromatic heterocycles. The van der Waals surface area contributed by atoms with E-state index in [4.69, 9.17) is 0 Å². The maximum Gasteiger partial charge on any atom is 0.00145 e. The molecule has 56 valence electrons. The van der Waals surface area contributed by atoms with Gasteiger partial charge in [0, 0.05) is 5.75 Å². The Morgan fingerprint density at radius 1 is 1.40 bits per heavy atom. The Morgan fingerprint density at radius 2 is 2.30 bits per heavy atom. The van der Waals surface area contributed by atoms with Gasteiger partial charge in [-0.25, -0.2) is 0 Å². The van der Waals surface area contributed by atoms with Crippen molar-refractivity contribution in [2.24, 2.45) is 5.92 Å². The highest BCUT2D eigenvalue weighted by Crippen LogP contribution is 2.43. The average molecular weight is 154 g/mol. The largest absolute Gasteiger partial charge is 0.130 e. The Hall–Kier alpha value is 0.0900. The van der Waals surface area contributed by atoms with Crippen molar-refractivity contribution >= 4 is 11.8 Å². The third-order valence-corrected chi connectivity index (χ3v) is 3.86. The first-order valence-electron chi connectivity index (χ1n) is 4.22. The summed E-state index contributed by atoms with van der Waals surface area (Å²) in [6.07, 6.45) is 5.66. The lowest BCUT2D eigenvalue weighted by Crippen LogP contribution is -2.04. The van der Waals surface area contributed by atoms with E-state index in [0.29, 0.717) is 0 Å². The molecule has 1 aliphatic carbocycles. The summed E-state index contributed by atoms with van der Waals surface area (Å²) in [6.45, 7) is 2.39. The van der Waals surface area contributed by atoms with Gasteiger partial charge in [-0.2, -0.15) is 0 Å². The smallest absolute Gasteiger partial charge is 0.00145 e. The highest BCUT2D eigenvalue weighted by Gasteiger charge is 2.23. The molecule has 10 heavy (non-hydrogen) atoms. The summed E-state index contributed by atoms with van der Waals surface area (Å²) in [5, 5.41) is 0. The van der Waals surface area contributed by atoms with E-state index in [-0.39, 0.29) is 0 Å². The summed E-state index contributed by atoms with van der Waals surface area (Å²) < 4.78 is 0. The summed E-state index contributed by atoms with van der Waals surface area (Å²) in [4.78, 5) is 1.75. The van der Waals surface area contributed by atoms with Crippen LogP contribution in [-0.4, -0.2) is 5.75 Å². The third-order valence-electron chi connectivity index (χ3n) is 2.64. The van der Waals surface area contributed by atoms with E-state index in [2.05, 4.69) is 18.7 Å². The van der Waals surface area contributed by atoms with Crippen LogP contribution in [0.2, 0.25) is 0 Å². The predicted molar refractivity (Wildman–Crippen MR) is 47.1 cm³/mol. The Morgan fingerprint density at radius 3 is 3.10 bits per heavy atom. The molecular weight excluding hydrogens is 140 g/mol. The van der Waals surface area contributed by atoms with Crippen molar-refractivity contribution < 1.29 is 0 Å². The van der Waals surface area contributed by atoms with Crippen molar-refractivity contribution in [2.45, 2.75) is 32.6 Å². The predicted octanol–water partition coefficient (Wildman–Crippen LogP) is 3.20. The normalized spacial score (nSPS) is 32.7. The molecule has 0 amide bonds. The molecular formula is C9H14S. The number of rotatable bonds is 0. The summed E-state index contributed by atoms with van der Waals surface area (Å²) in [5.41, 5.74) is 1.80. The Balaban J connectivity index is 2.22. The fourth-order valence-corrected chi connectivity index (χ4v) is 3.36. The standard InChI is InChI=1S/C9H14S/c1-7-3-2-4-9-8(7)5-6-10-9/h7H,2-6H2,1H3/t7-/m1/s1. The van der Waals surface area contributed by atoms with Crippen LogP contribution in [0.3, 0.4) is 0 Å². The van der Waals surface area contributed by atoms with Gasteiger partial charge in [0.15, 0.2) is 0 Å². The fraction of sp³-hybridized carbons (Fsp3) is 0.778. The number of hydrogen-bond acceptors (Lipinski definition) is 1. The van der Waals surface area contributed by atoms with Crippen molar-refractivity contribution in [1.29, 1.82) is 0 Å². The highest BCUT2D eigenvalue weighted by molar-refractivity contribution is 8.03. The van der Waals surface area contributed by atoms with Gasteiger partial charge in [-0.15, -0.1) is 11.8 Å². The van der Waals surface area contributed by atoms with E-state index >= 15 is 0 Å². The van der Waals surface area contributed by atoms with Crippen LogP contribution in [-0.2, 0) is 0 Å². The first-order chi connectivity index (χ1) is 4.88. The van der Waals surface area contributed by atoms with Gasteiger partial charge in [0.25, 0.3) is 0 Å². The van der Waals surface area contributed by atoms with E-state index in [1.54, 1.807) is 10.5 Å². The zero-order valence-electron chi connectivity index (χ0n) is 6.52. The molecule has 0 aromatic carbocycles. The summed E-state index contributed by atoms with van der Waals surface area (Å²) in [5.74, 6) is 2.29. The van der Waals surface area contributed by atoms with E-state index in [0.717, 1.165) is 5.92 Å². The van der Waals surface area contributed by atoms with Crippen LogP contribution in [0.25, 0.3) is 0 Å². The molecule has 0 fully saturated rings. The molecule has 0 nitrogen and oxygen atoms in total. The topological polar surface area (TPSA) is 0 Å². The van der Waals surface area contributed by atoms with Crippen molar-refractivity contribution in [1.82, 2.24) is 0 Å². The minimum Gasteiger partial charge on any atom is -0.130 e. The molecule has 2 rings (SSSR count). The van der Waals surface area contributed by atoms with Gasteiger partial charge in [0.2, 0.25) is 0 Å². The zero-order chi connectivity index (χ0) is 6.97. The average Bonchev–Trinajstić information content (AvgIpc) is 2.36. The molecule has 1 heteroatoms. The minimum atomic E-state index is 0.916. The Bertz CT molecular complexity index is 170. The number of allylic oxidation sites excluding steroid dienone is 2. The van der Waals surface area contributed by atoms with Crippen molar-refractivity contribution in [3.8, 4) is 0 Å². The lowest BCUT2D eigenvalue weighted by molar-refractivity contribution is 0.539. The molecule has 0 unspecified atom stereocenters. The summed E-state index contributed by atoms with van der Waals surface area (Å²) in [6, 6.07) is 0. The van der Waals surface area contributed by atoms with E-state index in [1.807, 2.05) is 0 Å². The molecule has 1 heterocycles. The van der Waals surface area contributed by atoms with Gasteiger partial charge in [-0.1, -0.05) is 12.5 Å². The Kier molecular flexibility index (Phi) is 1.77. The molecule has 0 aromatic rings. The van der Waals surface area contributed by atoms with Crippen LogP contribution in [0.1, 0.15) is 32.6 Å². The van der Waals surface area contributed by atoms with Crippen LogP contribution in [0.15, 0.2) is 10.5 Å². The zero-order valence-corrected chi connectivity index (χ0v) is 7.34. The molecule has 1 atom stereocenters. The van der Waals surface area contributed by atoms with E-state index in [9.17, 15) is 0 Å². The number of thioether (sulfide) groups is 1. The lowest BCUT2D eigenvalue weighted by atomic mass is 9.88. The first kappa shape index (κ1) is 6.78. The maximum absolute atomic E-state index is 2.39. The molecule has 2 aliphatic rings. The summed E-state index contributed by atoms with van der Waals surface area (Å²) >= 11 is 2.11. The second-order valence-corrected chi connectivity index (χ2v) is 4.53. The van der Waals surface area contributed by atoms with Gasteiger partial charge >= 0.3 is 0 Å². The molecule has 0 spiro atoms. The van der Waals surface area contributed by atoms with Crippen LogP contribution in [0, 0.1) is 5.92 Å². The molecule has 0 saturated heterocycles. The quantitative estimate of drug-likeness (QED) is 0.516. The monoisotopic (exact) mass is 154 g/mol. The van der Waals surface area contributed by atoms with Crippen molar-refractivity contribution in [3.05, 3.63) is 10.5 Å². The van der Waals surface area contributed by atoms with Crippen LogP contribution < -0.4 is 0 Å². The second kappa shape index (κ2) is 2.61. The van der Waals surface area contributed by atoms with Crippen molar-refractivity contribution in [3.63, 3.8) is 0 Å². The van der Waals surface area contributed by atoms with Crippen molar-refractivity contribution in [2.75, 3.05) is 5.75 Å². The van der Waals surface area contributed by atoms with Crippen LogP contribution >= 0.6 is 11.8 Å². The van der Waals surface area contributed by atoms with Gasteiger partial charge < -0.3 is 0 Å². The van der Waals surface area contributed by atoms with Crippen LogP contribution in [0.4, 0.5) is 0 Å². The SMILES string of the molecule is C[C@@H]1CCCC2=C1CCS2. The van der Waals surface area contributed by atoms with Gasteiger partial charge in [0.1, 0.15) is 0 Å². The maximum atomic E-state index is 2.39. The van der Waals surface area contributed by atoms with Gasteiger partial charge in [-0.3, -0.25) is 0 Å². The third kappa shape index (κ3) is 1.01. The minimum absolute atomic E-state index is 0.916.